The molecule has 11 heteroatoms. The minimum atomic E-state index is -3.81. The van der Waals surface area contributed by atoms with E-state index >= 15 is 0 Å². The molecule has 0 saturated carbocycles. The Morgan fingerprint density at radius 3 is 2.29 bits per heavy atom. The predicted molar refractivity (Wildman–Crippen MR) is 115 cm³/mol. The lowest BCUT2D eigenvalue weighted by Crippen LogP contribution is -2.27. The van der Waals surface area contributed by atoms with Crippen molar-refractivity contribution in [2.45, 2.75) is 31.3 Å². The van der Waals surface area contributed by atoms with E-state index in [4.69, 9.17) is 11.5 Å². The number of allylic oxidation sites excluding steroid dienone is 4. The standard InChI is InChI=1S/C17H36N4O5P2/c18-9-5-1-3-7-11-20-15-27(23,24)14-17(13-22)28(25,26)16-21-12-8-4-2-6-10-19/h1,3,5,7,9,11,17,20-22H,2,4,6,8,10,12-16,18-19H2,(H,23,24)(H,25,26)/b3-1+,9-5-,11-7-. The molecule has 0 aliphatic carbocycles. The van der Waals surface area contributed by atoms with Gasteiger partial charge in [-0.2, -0.15) is 0 Å². The van der Waals surface area contributed by atoms with Gasteiger partial charge in [-0.05, 0) is 50.5 Å². The zero-order valence-electron chi connectivity index (χ0n) is 16.3. The molecule has 0 bridgehead atoms. The second-order valence-corrected chi connectivity index (χ2v) is 11.4. The average Bonchev–Trinajstić information content (AvgIpc) is 2.64. The highest BCUT2D eigenvalue weighted by molar-refractivity contribution is 7.62. The predicted octanol–water partition coefficient (Wildman–Crippen LogP) is 1.04. The number of unbranched alkanes of at least 4 members (excludes halogenated alkanes) is 3. The second-order valence-electron chi connectivity index (χ2n) is 6.47. The van der Waals surface area contributed by atoms with Gasteiger partial charge in [-0.25, -0.2) is 0 Å². The van der Waals surface area contributed by atoms with Crippen LogP contribution in [0.15, 0.2) is 36.7 Å². The van der Waals surface area contributed by atoms with Crippen molar-refractivity contribution in [1.29, 1.82) is 0 Å². The van der Waals surface area contributed by atoms with Crippen LogP contribution in [0.2, 0.25) is 0 Å². The van der Waals surface area contributed by atoms with Crippen molar-refractivity contribution < 1.29 is 24.0 Å². The van der Waals surface area contributed by atoms with Crippen molar-refractivity contribution in [3.05, 3.63) is 36.7 Å². The molecule has 0 radical (unpaired) electrons. The van der Waals surface area contributed by atoms with Gasteiger partial charge in [-0.3, -0.25) is 9.13 Å². The molecule has 28 heavy (non-hydrogen) atoms. The normalized spacial score (nSPS) is 17.9. The summed E-state index contributed by atoms with van der Waals surface area (Å²) in [4.78, 5) is 20.2. The maximum atomic E-state index is 12.5. The zero-order chi connectivity index (χ0) is 21.3. The van der Waals surface area contributed by atoms with Crippen LogP contribution in [0.3, 0.4) is 0 Å². The largest absolute Gasteiger partial charge is 0.405 e. The van der Waals surface area contributed by atoms with Crippen molar-refractivity contribution in [2.75, 3.05) is 38.4 Å². The average molecular weight is 438 g/mol. The number of nitrogens with one attached hydrogen (secondary N) is 2. The van der Waals surface area contributed by atoms with E-state index in [1.165, 1.54) is 12.4 Å². The topological polar surface area (TPSA) is 171 Å². The van der Waals surface area contributed by atoms with Crippen molar-refractivity contribution >= 4 is 14.7 Å². The highest BCUT2D eigenvalue weighted by Crippen LogP contribution is 2.52. The summed E-state index contributed by atoms with van der Waals surface area (Å²) >= 11 is 0. The molecule has 0 amide bonds. The molecule has 0 aromatic rings. The van der Waals surface area contributed by atoms with Gasteiger partial charge >= 0.3 is 0 Å². The molecule has 0 aromatic heterocycles. The summed E-state index contributed by atoms with van der Waals surface area (Å²) in [6.45, 7) is 0.607. The summed E-state index contributed by atoms with van der Waals surface area (Å²) in [6.07, 6.45) is 12.4. The second kappa shape index (κ2) is 15.9. The maximum absolute atomic E-state index is 12.5. The van der Waals surface area contributed by atoms with E-state index in [0.717, 1.165) is 25.7 Å². The molecule has 3 unspecified atom stereocenters. The van der Waals surface area contributed by atoms with Gasteiger partial charge in [0.1, 0.15) is 0 Å². The Morgan fingerprint density at radius 1 is 0.964 bits per heavy atom. The van der Waals surface area contributed by atoms with Crippen LogP contribution in [0.4, 0.5) is 0 Å². The van der Waals surface area contributed by atoms with Crippen molar-refractivity contribution in [3.8, 4) is 0 Å². The number of nitrogens with two attached hydrogens (primary N) is 2. The van der Waals surface area contributed by atoms with E-state index < -0.39 is 33.2 Å². The molecule has 0 rings (SSSR count). The van der Waals surface area contributed by atoms with Crippen LogP contribution >= 0.6 is 14.7 Å². The van der Waals surface area contributed by atoms with E-state index in [0.29, 0.717) is 13.1 Å². The third-order valence-corrected chi connectivity index (χ3v) is 8.06. The van der Waals surface area contributed by atoms with Gasteiger partial charge in [0.25, 0.3) is 0 Å². The molecule has 0 saturated heterocycles. The summed E-state index contributed by atoms with van der Waals surface area (Å²) in [5.41, 5.74) is 9.44. The molecular weight excluding hydrogens is 402 g/mol. The molecule has 0 aromatic carbocycles. The summed E-state index contributed by atoms with van der Waals surface area (Å²) in [6, 6.07) is 0. The lowest BCUT2D eigenvalue weighted by Gasteiger charge is -2.24. The summed E-state index contributed by atoms with van der Waals surface area (Å²) in [7, 11) is -7.54. The molecule has 0 fully saturated rings. The van der Waals surface area contributed by atoms with Gasteiger partial charge in [-0.1, -0.05) is 25.0 Å². The van der Waals surface area contributed by atoms with Gasteiger partial charge in [-0.15, -0.1) is 0 Å². The first kappa shape index (κ1) is 27.1. The third-order valence-electron chi connectivity index (χ3n) is 3.92. The lowest BCUT2D eigenvalue weighted by molar-refractivity contribution is 0.286. The van der Waals surface area contributed by atoms with E-state index in [2.05, 4.69) is 10.6 Å². The van der Waals surface area contributed by atoms with Crippen molar-refractivity contribution in [3.63, 3.8) is 0 Å². The SMILES string of the molecule is N\C=C/C=C/C=C\NCP(=O)(O)CC(CO)P(=O)(O)CNCCCCCCN. The Morgan fingerprint density at radius 2 is 1.64 bits per heavy atom. The monoisotopic (exact) mass is 438 g/mol. The Labute approximate surface area is 167 Å². The fourth-order valence-electron chi connectivity index (χ4n) is 2.33. The Bertz CT molecular complexity index is 584. The number of aliphatic hydroxyl groups excluding tert-OH is 1. The molecule has 3 atom stereocenters. The molecule has 0 heterocycles. The first-order valence-corrected chi connectivity index (χ1v) is 13.3. The van der Waals surface area contributed by atoms with Gasteiger partial charge in [0.05, 0.1) is 24.8 Å². The van der Waals surface area contributed by atoms with Crippen LogP contribution in [-0.4, -0.2) is 59.0 Å². The zero-order valence-corrected chi connectivity index (χ0v) is 18.1. The first-order chi connectivity index (χ1) is 13.3. The number of hydrogen-bond donors (Lipinski definition) is 7. The van der Waals surface area contributed by atoms with Crippen LogP contribution < -0.4 is 22.1 Å². The number of rotatable bonds is 17. The smallest absolute Gasteiger partial charge is 0.219 e. The first-order valence-electron chi connectivity index (χ1n) is 9.36. The fraction of sp³-hybridized carbons (Fsp3) is 0.647. The number of hydrogen-bond acceptors (Lipinski definition) is 7. The van der Waals surface area contributed by atoms with E-state index in [1.54, 1.807) is 24.3 Å². The van der Waals surface area contributed by atoms with Crippen LogP contribution in [-0.2, 0) is 9.13 Å². The minimum Gasteiger partial charge on any atom is -0.405 e. The Hall–Kier alpha value is -0.920. The van der Waals surface area contributed by atoms with E-state index in [1.807, 2.05) is 0 Å². The minimum absolute atomic E-state index is 0.193. The molecule has 9 N–H and O–H groups in total. The highest BCUT2D eigenvalue weighted by atomic mass is 31.2. The molecule has 0 aliphatic rings. The fourth-order valence-corrected chi connectivity index (χ4v) is 6.41. The third kappa shape index (κ3) is 14.1. The van der Waals surface area contributed by atoms with Gasteiger partial charge < -0.3 is 37.0 Å². The van der Waals surface area contributed by atoms with Gasteiger partial charge in [0, 0.05) is 6.16 Å². The van der Waals surface area contributed by atoms with Crippen LogP contribution in [0.1, 0.15) is 25.7 Å². The highest BCUT2D eigenvalue weighted by Gasteiger charge is 2.35. The molecule has 0 spiro atoms. The maximum Gasteiger partial charge on any atom is 0.219 e. The molecular formula is C17H36N4O5P2. The Balaban J connectivity index is 4.37. The summed E-state index contributed by atoms with van der Waals surface area (Å²) in [5, 5.41) is 15.0. The quantitative estimate of drug-likeness (QED) is 0.0995. The van der Waals surface area contributed by atoms with Crippen molar-refractivity contribution in [2.24, 2.45) is 11.5 Å². The summed E-state index contributed by atoms with van der Waals surface area (Å²) < 4.78 is 24.7. The summed E-state index contributed by atoms with van der Waals surface area (Å²) in [5.74, 6) is 0. The van der Waals surface area contributed by atoms with Crippen molar-refractivity contribution in [1.82, 2.24) is 10.6 Å². The molecule has 9 nitrogen and oxygen atoms in total. The van der Waals surface area contributed by atoms with Crippen LogP contribution in [0, 0.1) is 0 Å². The van der Waals surface area contributed by atoms with Crippen LogP contribution in [0.25, 0.3) is 0 Å². The van der Waals surface area contributed by atoms with E-state index in [9.17, 15) is 24.0 Å². The van der Waals surface area contributed by atoms with E-state index in [-0.39, 0.29) is 12.6 Å². The Kier molecular flexibility index (Phi) is 15.4. The van der Waals surface area contributed by atoms with Gasteiger partial charge in [0.2, 0.25) is 14.7 Å². The molecule has 164 valence electrons. The lowest BCUT2D eigenvalue weighted by atomic mass is 10.2. The van der Waals surface area contributed by atoms with Gasteiger partial charge in [0.15, 0.2) is 0 Å². The van der Waals surface area contributed by atoms with Crippen LogP contribution in [0.5, 0.6) is 0 Å². The number of aliphatic hydroxyl groups is 1. The molecule has 0 aliphatic heterocycles.